The molecule has 2 aromatic carbocycles. The van der Waals surface area contributed by atoms with Crippen molar-refractivity contribution in [1.82, 2.24) is 15.1 Å². The maximum absolute atomic E-state index is 12.6. The first-order valence-corrected chi connectivity index (χ1v) is 9.22. The Morgan fingerprint density at radius 2 is 2.14 bits per heavy atom. The second-order valence-electron chi connectivity index (χ2n) is 6.74. The Morgan fingerprint density at radius 1 is 1.29 bits per heavy atom. The summed E-state index contributed by atoms with van der Waals surface area (Å²) < 4.78 is 7.37. The average molecular weight is 372 g/mol. The number of nitriles is 1. The Bertz CT molecular complexity index is 1010. The van der Waals surface area contributed by atoms with Gasteiger partial charge in [0.25, 0.3) is 0 Å². The van der Waals surface area contributed by atoms with E-state index in [4.69, 9.17) is 10.00 Å². The summed E-state index contributed by atoms with van der Waals surface area (Å²) in [5.41, 5.74) is 3.93. The number of ether oxygens (including phenoxy) is 1. The number of carbonyl (C=O) groups excluding carboxylic acids is 1. The third kappa shape index (κ3) is 4.01. The van der Waals surface area contributed by atoms with E-state index in [1.54, 1.807) is 35.3 Å². The lowest BCUT2D eigenvalue weighted by Crippen LogP contribution is -2.33. The number of nitrogens with zero attached hydrogens (tertiary/aromatic N) is 3. The summed E-state index contributed by atoms with van der Waals surface area (Å²) in [6.07, 6.45) is 3.65. The van der Waals surface area contributed by atoms with Crippen LogP contribution in [0, 0.1) is 11.3 Å². The zero-order chi connectivity index (χ0) is 19.3. The van der Waals surface area contributed by atoms with Crippen LogP contribution in [-0.4, -0.2) is 35.3 Å². The number of hydrogen-bond acceptors (Lipinski definition) is 5. The summed E-state index contributed by atoms with van der Waals surface area (Å²) in [4.78, 5) is 12.6. The van der Waals surface area contributed by atoms with E-state index in [2.05, 4.69) is 16.5 Å². The van der Waals surface area contributed by atoms with Gasteiger partial charge in [-0.05, 0) is 29.3 Å². The number of morpholine rings is 1. The van der Waals surface area contributed by atoms with Gasteiger partial charge in [0.15, 0.2) is 5.78 Å². The molecule has 1 saturated heterocycles. The second-order valence-corrected chi connectivity index (χ2v) is 6.74. The SMILES string of the molecule is N#Cc1cccc(-n2cc(C(=O)Cc3ccc([C@H]4CNCCO4)cc3)cn2)c1. The molecular weight excluding hydrogens is 352 g/mol. The first-order valence-electron chi connectivity index (χ1n) is 9.22. The van der Waals surface area contributed by atoms with Crippen LogP contribution in [0.15, 0.2) is 60.9 Å². The second kappa shape index (κ2) is 8.17. The molecule has 0 aliphatic carbocycles. The van der Waals surface area contributed by atoms with E-state index in [1.807, 2.05) is 30.3 Å². The number of benzene rings is 2. The molecule has 2 heterocycles. The molecule has 3 aromatic rings. The molecule has 0 unspecified atom stereocenters. The minimum atomic E-state index is 0.00557. The van der Waals surface area contributed by atoms with Crippen LogP contribution in [-0.2, 0) is 11.2 Å². The van der Waals surface area contributed by atoms with E-state index in [9.17, 15) is 4.79 Å². The highest BCUT2D eigenvalue weighted by Crippen LogP contribution is 2.20. The average Bonchev–Trinajstić information content (AvgIpc) is 3.25. The van der Waals surface area contributed by atoms with Gasteiger partial charge in [-0.1, -0.05) is 30.3 Å². The number of aromatic nitrogens is 2. The number of nitrogens with one attached hydrogen (secondary N) is 1. The number of Topliss-reactive ketones (excluding diaryl/α,β-unsaturated/α-hetero) is 1. The van der Waals surface area contributed by atoms with Crippen LogP contribution in [0.5, 0.6) is 0 Å². The third-order valence-electron chi connectivity index (χ3n) is 4.79. The molecule has 28 heavy (non-hydrogen) atoms. The molecule has 6 heteroatoms. The van der Waals surface area contributed by atoms with Gasteiger partial charge in [0, 0.05) is 25.7 Å². The fourth-order valence-electron chi connectivity index (χ4n) is 3.24. The number of hydrogen-bond donors (Lipinski definition) is 1. The first-order chi connectivity index (χ1) is 13.7. The number of carbonyl (C=O) groups is 1. The predicted octanol–water partition coefficient (Wildman–Crippen LogP) is 2.83. The largest absolute Gasteiger partial charge is 0.371 e. The highest BCUT2D eigenvalue weighted by molar-refractivity contribution is 5.97. The summed E-state index contributed by atoms with van der Waals surface area (Å²) in [6, 6.07) is 17.2. The summed E-state index contributed by atoms with van der Waals surface area (Å²) >= 11 is 0. The van der Waals surface area contributed by atoms with Crippen molar-refractivity contribution in [3.8, 4) is 11.8 Å². The van der Waals surface area contributed by atoms with Crippen LogP contribution in [0.3, 0.4) is 0 Å². The lowest BCUT2D eigenvalue weighted by molar-refractivity contribution is 0.0277. The lowest BCUT2D eigenvalue weighted by atomic mass is 10.0. The Morgan fingerprint density at radius 3 is 2.89 bits per heavy atom. The van der Waals surface area contributed by atoms with Crippen molar-refractivity contribution in [2.75, 3.05) is 19.7 Å². The van der Waals surface area contributed by atoms with Crippen LogP contribution in [0.2, 0.25) is 0 Å². The standard InChI is InChI=1S/C22H20N4O2/c23-12-17-2-1-3-20(10-17)26-15-19(13-25-26)21(27)11-16-4-6-18(7-5-16)22-14-24-8-9-28-22/h1-7,10,13,15,22,24H,8-9,11,14H2/t22-/m1/s1. The molecule has 0 radical (unpaired) electrons. The Hall–Kier alpha value is -3.27. The van der Waals surface area contributed by atoms with Crippen molar-refractivity contribution in [2.45, 2.75) is 12.5 Å². The zero-order valence-corrected chi connectivity index (χ0v) is 15.3. The van der Waals surface area contributed by atoms with E-state index in [1.165, 1.54) is 0 Å². The van der Waals surface area contributed by atoms with Crippen LogP contribution in [0.4, 0.5) is 0 Å². The van der Waals surface area contributed by atoms with E-state index < -0.39 is 0 Å². The Kier molecular flexibility index (Phi) is 5.29. The molecule has 6 nitrogen and oxygen atoms in total. The molecule has 0 spiro atoms. The maximum atomic E-state index is 12.6. The summed E-state index contributed by atoms with van der Waals surface area (Å²) in [5.74, 6) is 0.00557. The highest BCUT2D eigenvalue weighted by atomic mass is 16.5. The highest BCUT2D eigenvalue weighted by Gasteiger charge is 2.16. The van der Waals surface area contributed by atoms with Gasteiger partial charge < -0.3 is 10.1 Å². The molecule has 1 aromatic heterocycles. The number of rotatable bonds is 5. The smallest absolute Gasteiger partial charge is 0.170 e. The van der Waals surface area contributed by atoms with Gasteiger partial charge in [-0.25, -0.2) is 4.68 Å². The van der Waals surface area contributed by atoms with Gasteiger partial charge in [-0.15, -0.1) is 0 Å². The van der Waals surface area contributed by atoms with Crippen molar-refractivity contribution in [3.05, 3.63) is 83.2 Å². The van der Waals surface area contributed by atoms with Crippen LogP contribution in [0.1, 0.15) is 33.2 Å². The number of ketones is 1. The first kappa shape index (κ1) is 18.1. The molecule has 4 rings (SSSR count). The van der Waals surface area contributed by atoms with Gasteiger partial charge in [-0.2, -0.15) is 10.4 Å². The van der Waals surface area contributed by atoms with Crippen molar-refractivity contribution < 1.29 is 9.53 Å². The molecule has 0 bridgehead atoms. The molecule has 1 atom stereocenters. The summed E-state index contributed by atoms with van der Waals surface area (Å²) in [5, 5.41) is 16.6. The van der Waals surface area contributed by atoms with Crippen LogP contribution < -0.4 is 5.32 Å². The van der Waals surface area contributed by atoms with E-state index in [0.717, 1.165) is 29.9 Å². The van der Waals surface area contributed by atoms with Gasteiger partial charge in [-0.3, -0.25) is 4.79 Å². The topological polar surface area (TPSA) is 79.9 Å². The maximum Gasteiger partial charge on any atom is 0.170 e. The lowest BCUT2D eigenvalue weighted by Gasteiger charge is -2.24. The predicted molar refractivity (Wildman–Crippen MR) is 104 cm³/mol. The van der Waals surface area contributed by atoms with Crippen LogP contribution in [0.25, 0.3) is 5.69 Å². The minimum absolute atomic E-state index is 0.00557. The molecule has 0 amide bonds. The van der Waals surface area contributed by atoms with E-state index in [-0.39, 0.29) is 11.9 Å². The van der Waals surface area contributed by atoms with E-state index >= 15 is 0 Å². The van der Waals surface area contributed by atoms with Gasteiger partial charge in [0.05, 0.1) is 41.8 Å². The minimum Gasteiger partial charge on any atom is -0.371 e. The fraction of sp³-hybridized carbons (Fsp3) is 0.227. The zero-order valence-electron chi connectivity index (χ0n) is 15.3. The van der Waals surface area contributed by atoms with Crippen LogP contribution >= 0.6 is 0 Å². The molecule has 140 valence electrons. The third-order valence-corrected chi connectivity index (χ3v) is 4.79. The van der Waals surface area contributed by atoms with Gasteiger partial charge in [0.1, 0.15) is 0 Å². The molecule has 1 aliphatic rings. The van der Waals surface area contributed by atoms with E-state index in [0.29, 0.717) is 24.2 Å². The monoisotopic (exact) mass is 372 g/mol. The summed E-state index contributed by atoms with van der Waals surface area (Å²) in [6.45, 7) is 2.41. The summed E-state index contributed by atoms with van der Waals surface area (Å²) in [7, 11) is 0. The van der Waals surface area contributed by atoms with Gasteiger partial charge >= 0.3 is 0 Å². The quantitative estimate of drug-likeness (QED) is 0.697. The van der Waals surface area contributed by atoms with Crippen molar-refractivity contribution in [3.63, 3.8) is 0 Å². The van der Waals surface area contributed by atoms with Gasteiger partial charge in [0.2, 0.25) is 0 Å². The molecule has 1 aliphatic heterocycles. The van der Waals surface area contributed by atoms with Crippen molar-refractivity contribution in [2.24, 2.45) is 0 Å². The molecule has 1 fully saturated rings. The fourth-order valence-corrected chi connectivity index (χ4v) is 3.24. The normalized spacial score (nSPS) is 16.5. The van der Waals surface area contributed by atoms with Crippen molar-refractivity contribution >= 4 is 5.78 Å². The molecular formula is C22H20N4O2. The Labute approximate surface area is 163 Å². The van der Waals surface area contributed by atoms with Crippen molar-refractivity contribution in [1.29, 1.82) is 5.26 Å². The molecule has 0 saturated carbocycles. The Balaban J connectivity index is 1.44. The molecule has 1 N–H and O–H groups in total.